The average molecular weight is 280 g/mol. The fraction of sp³-hybridized carbons (Fsp3) is 0.571. The van der Waals surface area contributed by atoms with Gasteiger partial charge in [0, 0.05) is 5.70 Å². The number of carbonyl (C=O) groups is 1. The number of esters is 1. The number of rotatable bonds is 3. The molecule has 0 aromatic carbocycles. The Hall–Kier alpha value is -1.36. The van der Waals surface area contributed by atoms with Crippen LogP contribution in [0.1, 0.15) is 33.1 Å². The Bertz CT molecular complexity index is 443. The summed E-state index contributed by atoms with van der Waals surface area (Å²) in [6.07, 6.45) is 7.46. The molecule has 0 bridgehead atoms. The molecule has 19 heavy (non-hydrogen) atoms. The molecule has 104 valence electrons. The molecule has 1 aliphatic carbocycles. The number of thiocarbonyl (C=S) groups is 1. The largest absolute Gasteiger partial charge is 0.463 e. The maximum Gasteiger partial charge on any atom is 0.337 e. The van der Waals surface area contributed by atoms with Crippen molar-refractivity contribution < 1.29 is 9.53 Å². The maximum atomic E-state index is 12.1. The highest BCUT2D eigenvalue weighted by Gasteiger charge is 2.34. The lowest BCUT2D eigenvalue weighted by molar-refractivity contribution is -0.139. The zero-order valence-electron chi connectivity index (χ0n) is 11.4. The molecule has 5 heteroatoms. The average Bonchev–Trinajstić information content (AvgIpc) is 2.39. The van der Waals surface area contributed by atoms with E-state index in [1.54, 1.807) is 0 Å². The molecule has 0 amide bonds. The summed E-state index contributed by atoms with van der Waals surface area (Å²) in [6.45, 7) is 4.09. The topological polar surface area (TPSA) is 50.4 Å². The molecule has 2 N–H and O–H groups in total. The molecule has 0 aromatic rings. The summed E-state index contributed by atoms with van der Waals surface area (Å²) in [6, 6.07) is -0.0438. The van der Waals surface area contributed by atoms with Gasteiger partial charge in [-0.05, 0) is 51.2 Å². The predicted octanol–water partition coefficient (Wildman–Crippen LogP) is 2.03. The third kappa shape index (κ3) is 3.15. The van der Waals surface area contributed by atoms with Gasteiger partial charge in [0.05, 0.1) is 18.2 Å². The Kier molecular flexibility index (Phi) is 4.58. The van der Waals surface area contributed by atoms with Crippen LogP contribution in [0.5, 0.6) is 0 Å². The van der Waals surface area contributed by atoms with E-state index < -0.39 is 0 Å². The lowest BCUT2D eigenvalue weighted by Crippen LogP contribution is -2.53. The molecule has 0 radical (unpaired) electrons. The van der Waals surface area contributed by atoms with Crippen LogP contribution < -0.4 is 10.6 Å². The van der Waals surface area contributed by atoms with Crippen LogP contribution in [0.3, 0.4) is 0 Å². The number of nitrogens with one attached hydrogen (secondary N) is 2. The molecule has 2 atom stereocenters. The maximum absolute atomic E-state index is 12.1. The standard InChI is InChI=1S/C14H20N2O2S/c1-3-18-13(17)11-9(2)15-14(19)16-12(11)10-7-5-4-6-8-10/h4-5,10,12H,3,6-8H2,1-2H3,(H2,15,16,19)/t10-,12+/m0/s1. The van der Waals surface area contributed by atoms with Crippen LogP contribution in [-0.2, 0) is 9.53 Å². The fourth-order valence-corrected chi connectivity index (χ4v) is 2.96. The van der Waals surface area contributed by atoms with Gasteiger partial charge in [0.15, 0.2) is 5.11 Å². The van der Waals surface area contributed by atoms with Crippen molar-refractivity contribution in [3.05, 3.63) is 23.4 Å². The zero-order chi connectivity index (χ0) is 13.8. The molecule has 4 nitrogen and oxygen atoms in total. The second-order valence-corrected chi connectivity index (χ2v) is 5.29. The van der Waals surface area contributed by atoms with Crippen molar-refractivity contribution in [1.29, 1.82) is 0 Å². The minimum absolute atomic E-state index is 0.0438. The van der Waals surface area contributed by atoms with Gasteiger partial charge in [0.2, 0.25) is 0 Å². The summed E-state index contributed by atoms with van der Waals surface area (Å²) in [5, 5.41) is 6.84. The van der Waals surface area contributed by atoms with Gasteiger partial charge in [-0.15, -0.1) is 0 Å². The van der Waals surface area contributed by atoms with Crippen molar-refractivity contribution in [3.63, 3.8) is 0 Å². The summed E-state index contributed by atoms with van der Waals surface area (Å²) >= 11 is 5.21. The van der Waals surface area contributed by atoms with Crippen molar-refractivity contribution in [2.24, 2.45) is 5.92 Å². The van der Waals surface area contributed by atoms with Gasteiger partial charge in [-0.1, -0.05) is 12.2 Å². The van der Waals surface area contributed by atoms with E-state index >= 15 is 0 Å². The van der Waals surface area contributed by atoms with Crippen LogP contribution in [0.2, 0.25) is 0 Å². The monoisotopic (exact) mass is 280 g/mol. The molecule has 0 unspecified atom stereocenters. The Morgan fingerprint density at radius 3 is 2.95 bits per heavy atom. The van der Waals surface area contributed by atoms with Gasteiger partial charge in [-0.3, -0.25) is 0 Å². The van der Waals surface area contributed by atoms with Crippen molar-refractivity contribution in [2.75, 3.05) is 6.61 Å². The Balaban J connectivity index is 2.26. The SMILES string of the molecule is CCOC(=O)C1=C(C)NC(=S)N[C@@H]1[C@H]1CC=CCC1. The lowest BCUT2D eigenvalue weighted by atomic mass is 9.82. The highest BCUT2D eigenvalue weighted by molar-refractivity contribution is 7.80. The Labute approximate surface area is 119 Å². The van der Waals surface area contributed by atoms with Gasteiger partial charge < -0.3 is 15.4 Å². The Morgan fingerprint density at radius 1 is 1.53 bits per heavy atom. The molecule has 1 aliphatic heterocycles. The van der Waals surface area contributed by atoms with E-state index in [9.17, 15) is 4.79 Å². The van der Waals surface area contributed by atoms with Crippen molar-refractivity contribution in [3.8, 4) is 0 Å². The quantitative estimate of drug-likeness (QED) is 0.470. The van der Waals surface area contributed by atoms with Gasteiger partial charge in [-0.25, -0.2) is 4.79 Å². The van der Waals surface area contributed by atoms with E-state index in [1.807, 2.05) is 13.8 Å². The van der Waals surface area contributed by atoms with Gasteiger partial charge in [0.1, 0.15) is 0 Å². The van der Waals surface area contributed by atoms with Crippen LogP contribution in [0.25, 0.3) is 0 Å². The second kappa shape index (κ2) is 6.19. The molecule has 0 fully saturated rings. The number of ether oxygens (including phenoxy) is 1. The lowest BCUT2D eigenvalue weighted by Gasteiger charge is -2.35. The van der Waals surface area contributed by atoms with E-state index in [2.05, 4.69) is 22.8 Å². The van der Waals surface area contributed by atoms with E-state index in [0.717, 1.165) is 25.0 Å². The van der Waals surface area contributed by atoms with E-state index in [0.29, 0.717) is 23.2 Å². The normalized spacial score (nSPS) is 26.7. The number of hydrogen-bond donors (Lipinski definition) is 2. The smallest absolute Gasteiger partial charge is 0.337 e. The van der Waals surface area contributed by atoms with Crippen LogP contribution in [-0.4, -0.2) is 23.7 Å². The zero-order valence-corrected chi connectivity index (χ0v) is 12.2. The second-order valence-electron chi connectivity index (χ2n) is 4.88. The van der Waals surface area contributed by atoms with Gasteiger partial charge in [0.25, 0.3) is 0 Å². The summed E-state index contributed by atoms with van der Waals surface area (Å²) in [7, 11) is 0. The Morgan fingerprint density at radius 2 is 2.32 bits per heavy atom. The van der Waals surface area contributed by atoms with Crippen molar-refractivity contribution in [1.82, 2.24) is 10.6 Å². The third-order valence-electron chi connectivity index (χ3n) is 3.58. The summed E-state index contributed by atoms with van der Waals surface area (Å²) in [5.74, 6) is 0.140. The fourth-order valence-electron chi connectivity index (χ4n) is 2.68. The first-order chi connectivity index (χ1) is 9.13. The molecule has 1 heterocycles. The van der Waals surface area contributed by atoms with E-state index in [-0.39, 0.29) is 12.0 Å². The first-order valence-electron chi connectivity index (χ1n) is 6.74. The summed E-state index contributed by atoms with van der Waals surface area (Å²) in [4.78, 5) is 12.1. The highest BCUT2D eigenvalue weighted by atomic mass is 32.1. The molecular formula is C14H20N2O2S. The predicted molar refractivity (Wildman–Crippen MR) is 78.5 cm³/mol. The molecule has 0 spiro atoms. The van der Waals surface area contributed by atoms with E-state index in [1.165, 1.54) is 0 Å². The number of hydrogen-bond acceptors (Lipinski definition) is 3. The van der Waals surface area contributed by atoms with Crippen LogP contribution in [0, 0.1) is 5.92 Å². The summed E-state index contributed by atoms with van der Waals surface area (Å²) < 4.78 is 5.17. The van der Waals surface area contributed by atoms with Gasteiger partial charge in [-0.2, -0.15) is 0 Å². The number of allylic oxidation sites excluding steroid dienone is 3. The molecular weight excluding hydrogens is 260 g/mol. The van der Waals surface area contributed by atoms with Crippen molar-refractivity contribution in [2.45, 2.75) is 39.2 Å². The van der Waals surface area contributed by atoms with Gasteiger partial charge >= 0.3 is 5.97 Å². The third-order valence-corrected chi connectivity index (χ3v) is 3.80. The van der Waals surface area contributed by atoms with Crippen molar-refractivity contribution >= 4 is 23.3 Å². The molecule has 2 rings (SSSR count). The molecule has 0 aromatic heterocycles. The molecule has 2 aliphatic rings. The first-order valence-corrected chi connectivity index (χ1v) is 7.14. The number of carbonyl (C=O) groups excluding carboxylic acids is 1. The van der Waals surface area contributed by atoms with Crippen LogP contribution in [0.4, 0.5) is 0 Å². The molecule has 0 saturated heterocycles. The van der Waals surface area contributed by atoms with E-state index in [4.69, 9.17) is 17.0 Å². The van der Waals surface area contributed by atoms with Crippen LogP contribution in [0.15, 0.2) is 23.4 Å². The minimum atomic E-state index is -0.248. The first kappa shape index (κ1) is 14.1. The summed E-state index contributed by atoms with van der Waals surface area (Å²) in [5.41, 5.74) is 1.50. The minimum Gasteiger partial charge on any atom is -0.463 e. The molecule has 0 saturated carbocycles. The van der Waals surface area contributed by atoms with Crippen LogP contribution >= 0.6 is 12.2 Å². The highest BCUT2D eigenvalue weighted by Crippen LogP contribution is 2.29.